The van der Waals surface area contributed by atoms with Crippen molar-refractivity contribution in [2.24, 2.45) is 0 Å². The van der Waals surface area contributed by atoms with E-state index < -0.39 is 49.5 Å². The average Bonchev–Trinajstić information content (AvgIpc) is 3.17. The van der Waals surface area contributed by atoms with Crippen LogP contribution < -0.4 is 5.32 Å². The Morgan fingerprint density at radius 3 is 1.61 bits per heavy atom. The minimum absolute atomic E-state index is 0.140. The third-order valence-electron chi connectivity index (χ3n) is 10.8. The number of aliphatic hydroxyl groups is 5. The molecule has 0 bridgehead atoms. The molecule has 318 valence electrons. The maximum atomic E-state index is 13.0. The quantitative estimate of drug-likeness (QED) is 0.0271. The van der Waals surface area contributed by atoms with Crippen LogP contribution in [-0.4, -0.2) is 87.5 Å². The number of ether oxygens (including phenoxy) is 2. The molecule has 0 aliphatic carbocycles. The summed E-state index contributed by atoms with van der Waals surface area (Å²) >= 11 is 0. The second-order valence-corrected chi connectivity index (χ2v) is 15.8. The SMILES string of the molecule is CCCCCC/C=C\C/C=C\CCCCCCCCCC(=O)NC(COC1OC(CO)C(O)C(O)C1O)C(O)CCCCCCCCCCCCCCC. The molecule has 1 saturated heterocycles. The Morgan fingerprint density at radius 2 is 1.09 bits per heavy atom. The van der Waals surface area contributed by atoms with Crippen LogP contribution in [0.25, 0.3) is 0 Å². The number of nitrogens with one attached hydrogen (secondary N) is 1. The number of hydrogen-bond acceptors (Lipinski definition) is 8. The second kappa shape index (κ2) is 36.0. The lowest BCUT2D eigenvalue weighted by Gasteiger charge is -2.40. The van der Waals surface area contributed by atoms with Crippen molar-refractivity contribution < 1.29 is 39.8 Å². The van der Waals surface area contributed by atoms with Crippen LogP contribution in [-0.2, 0) is 14.3 Å². The van der Waals surface area contributed by atoms with Gasteiger partial charge >= 0.3 is 0 Å². The molecule has 7 unspecified atom stereocenters. The molecule has 1 fully saturated rings. The third-order valence-corrected chi connectivity index (χ3v) is 10.8. The topological polar surface area (TPSA) is 149 Å². The first-order valence-corrected chi connectivity index (χ1v) is 22.5. The van der Waals surface area contributed by atoms with Gasteiger partial charge in [0.2, 0.25) is 5.91 Å². The van der Waals surface area contributed by atoms with Crippen LogP contribution in [0.4, 0.5) is 0 Å². The number of allylic oxidation sites excluding steroid dienone is 4. The van der Waals surface area contributed by atoms with E-state index in [1.54, 1.807) is 0 Å². The molecule has 54 heavy (non-hydrogen) atoms. The zero-order chi connectivity index (χ0) is 39.5. The molecule has 7 atom stereocenters. The van der Waals surface area contributed by atoms with Gasteiger partial charge in [0.25, 0.3) is 0 Å². The average molecular weight is 768 g/mol. The summed E-state index contributed by atoms with van der Waals surface area (Å²) in [6, 6.07) is -0.720. The summed E-state index contributed by atoms with van der Waals surface area (Å²) in [7, 11) is 0. The monoisotopic (exact) mass is 768 g/mol. The molecule has 1 amide bonds. The molecule has 1 rings (SSSR count). The maximum absolute atomic E-state index is 13.0. The highest BCUT2D eigenvalue weighted by Gasteiger charge is 2.44. The van der Waals surface area contributed by atoms with Crippen molar-refractivity contribution in [3.63, 3.8) is 0 Å². The van der Waals surface area contributed by atoms with Crippen LogP contribution >= 0.6 is 0 Å². The first-order valence-electron chi connectivity index (χ1n) is 22.5. The largest absolute Gasteiger partial charge is 0.394 e. The number of unbranched alkanes of at least 4 members (excludes halogenated alkanes) is 23. The van der Waals surface area contributed by atoms with Crippen LogP contribution in [0.15, 0.2) is 24.3 Å². The van der Waals surface area contributed by atoms with E-state index in [1.807, 2.05) is 0 Å². The smallest absolute Gasteiger partial charge is 0.220 e. The fraction of sp³-hybridized carbons (Fsp3) is 0.889. The Morgan fingerprint density at radius 1 is 0.630 bits per heavy atom. The van der Waals surface area contributed by atoms with Gasteiger partial charge < -0.3 is 40.3 Å². The molecule has 0 aromatic carbocycles. The fourth-order valence-electron chi connectivity index (χ4n) is 7.13. The van der Waals surface area contributed by atoms with E-state index in [9.17, 15) is 30.3 Å². The number of hydrogen-bond donors (Lipinski definition) is 6. The molecule has 0 aromatic heterocycles. The first kappa shape index (κ1) is 50.7. The van der Waals surface area contributed by atoms with Gasteiger partial charge in [0, 0.05) is 6.42 Å². The number of rotatable bonds is 37. The summed E-state index contributed by atoms with van der Waals surface area (Å²) in [5, 5.41) is 54.3. The summed E-state index contributed by atoms with van der Waals surface area (Å²) in [4.78, 5) is 13.0. The maximum Gasteiger partial charge on any atom is 0.220 e. The number of carbonyl (C=O) groups is 1. The van der Waals surface area contributed by atoms with Crippen molar-refractivity contribution >= 4 is 5.91 Å². The van der Waals surface area contributed by atoms with Crippen molar-refractivity contribution in [2.75, 3.05) is 13.2 Å². The van der Waals surface area contributed by atoms with Crippen molar-refractivity contribution in [3.8, 4) is 0 Å². The standard InChI is InChI=1S/C45H85NO8/c1-3-5-7-9-11-13-15-17-18-19-20-21-23-25-27-29-31-33-35-41(49)46-38(37-53-45-44(52)43(51)42(50)40(36-47)54-45)39(48)34-32-30-28-26-24-22-16-14-12-10-8-6-4-2/h13,15,18-19,38-40,42-45,47-48,50-52H,3-12,14,16-17,20-37H2,1-2H3,(H,46,49)/b15-13-,19-18-. The van der Waals surface area contributed by atoms with E-state index in [-0.39, 0.29) is 12.5 Å². The molecule has 1 heterocycles. The molecule has 6 N–H and O–H groups in total. The summed E-state index contributed by atoms with van der Waals surface area (Å²) in [6.45, 7) is 3.80. The summed E-state index contributed by atoms with van der Waals surface area (Å²) in [6.07, 6.45) is 34.6. The van der Waals surface area contributed by atoms with Crippen molar-refractivity contribution in [3.05, 3.63) is 24.3 Å². The Bertz CT molecular complexity index is 899. The Kier molecular flexibility index (Phi) is 33.8. The Labute approximate surface area is 330 Å². The van der Waals surface area contributed by atoms with Gasteiger partial charge in [0.1, 0.15) is 24.4 Å². The predicted octanol–water partition coefficient (Wildman–Crippen LogP) is 9.11. The van der Waals surface area contributed by atoms with Gasteiger partial charge in [0.15, 0.2) is 6.29 Å². The highest BCUT2D eigenvalue weighted by atomic mass is 16.7. The summed E-state index contributed by atoms with van der Waals surface area (Å²) in [5.41, 5.74) is 0. The molecular weight excluding hydrogens is 682 g/mol. The molecular formula is C45H85NO8. The van der Waals surface area contributed by atoms with E-state index in [0.717, 1.165) is 51.4 Å². The molecule has 1 aliphatic heterocycles. The van der Waals surface area contributed by atoms with Crippen LogP contribution in [0.3, 0.4) is 0 Å². The highest BCUT2D eigenvalue weighted by molar-refractivity contribution is 5.76. The minimum Gasteiger partial charge on any atom is -0.394 e. The van der Waals surface area contributed by atoms with Gasteiger partial charge in [0.05, 0.1) is 25.4 Å². The Hall–Kier alpha value is -1.33. The Balaban J connectivity index is 2.34. The lowest BCUT2D eigenvalue weighted by atomic mass is 9.99. The van der Waals surface area contributed by atoms with Gasteiger partial charge in [-0.3, -0.25) is 4.79 Å². The predicted molar refractivity (Wildman–Crippen MR) is 221 cm³/mol. The van der Waals surface area contributed by atoms with Gasteiger partial charge in [-0.2, -0.15) is 0 Å². The van der Waals surface area contributed by atoms with Crippen LogP contribution in [0.5, 0.6) is 0 Å². The van der Waals surface area contributed by atoms with Gasteiger partial charge in [-0.25, -0.2) is 0 Å². The van der Waals surface area contributed by atoms with Gasteiger partial charge in [-0.05, 0) is 44.9 Å². The van der Waals surface area contributed by atoms with Crippen LogP contribution in [0.2, 0.25) is 0 Å². The summed E-state index contributed by atoms with van der Waals surface area (Å²) < 4.78 is 11.2. The molecule has 0 spiro atoms. The molecule has 0 saturated carbocycles. The van der Waals surface area contributed by atoms with Crippen molar-refractivity contribution in [1.29, 1.82) is 0 Å². The number of aliphatic hydroxyl groups excluding tert-OH is 5. The first-order chi connectivity index (χ1) is 26.3. The van der Waals surface area contributed by atoms with Crippen molar-refractivity contribution in [1.82, 2.24) is 5.32 Å². The second-order valence-electron chi connectivity index (χ2n) is 15.8. The summed E-state index contributed by atoms with van der Waals surface area (Å²) in [5.74, 6) is -0.153. The minimum atomic E-state index is -1.55. The van der Waals surface area contributed by atoms with Gasteiger partial charge in [-0.15, -0.1) is 0 Å². The highest BCUT2D eigenvalue weighted by Crippen LogP contribution is 2.23. The lowest BCUT2D eigenvalue weighted by molar-refractivity contribution is -0.302. The normalized spacial score (nSPS) is 21.6. The van der Waals surface area contributed by atoms with E-state index in [0.29, 0.717) is 12.8 Å². The van der Waals surface area contributed by atoms with Crippen LogP contribution in [0, 0.1) is 0 Å². The van der Waals surface area contributed by atoms with Crippen molar-refractivity contribution in [2.45, 2.75) is 243 Å². The fourth-order valence-corrected chi connectivity index (χ4v) is 7.13. The van der Waals surface area contributed by atoms with Crippen LogP contribution in [0.1, 0.15) is 200 Å². The third kappa shape index (κ3) is 26.5. The van der Waals surface area contributed by atoms with E-state index in [1.165, 1.54) is 122 Å². The van der Waals surface area contributed by atoms with E-state index >= 15 is 0 Å². The zero-order valence-corrected chi connectivity index (χ0v) is 34.7. The molecule has 9 nitrogen and oxygen atoms in total. The number of amides is 1. The number of carbonyl (C=O) groups excluding carboxylic acids is 1. The molecule has 9 heteroatoms. The van der Waals surface area contributed by atoms with E-state index in [2.05, 4.69) is 43.5 Å². The molecule has 1 aliphatic rings. The lowest BCUT2D eigenvalue weighted by Crippen LogP contribution is -2.60. The van der Waals surface area contributed by atoms with E-state index in [4.69, 9.17) is 9.47 Å². The zero-order valence-electron chi connectivity index (χ0n) is 34.7. The van der Waals surface area contributed by atoms with Gasteiger partial charge in [-0.1, -0.05) is 173 Å². The molecule has 0 aromatic rings. The molecule has 0 radical (unpaired) electrons.